The highest BCUT2D eigenvalue weighted by Crippen LogP contribution is 2.74. The van der Waals surface area contributed by atoms with Gasteiger partial charge in [-0.15, -0.1) is 0 Å². The predicted octanol–water partition coefficient (Wildman–Crippen LogP) is 6.27. The van der Waals surface area contributed by atoms with Crippen LogP contribution in [-0.4, -0.2) is 76.4 Å². The standard InChI is InChI=1S/C42H40Cl2F3N5O5/c43-25-11-13-28-29(17-25)51-39(56)42(28)31(27-15-16-49-36(44)32(27)47)34(38(55)50-26-12-14-30(37(48)54)57-18-26)52(41(42)19-40(20-41,21-45)22-46)33(23-7-3-1-4-8-23)35(53)24-9-5-2-6-10-24/h1-11,13,15-17,26,30-31,33-35,53H,12,14,18-22H2,(H2,48,54)(H,50,55)(H,51,56)/t26?,30-,31-,33+,34+,35-,42?/m0/s1. The molecular formula is C42H40Cl2F3N5O5. The number of aliphatic hydroxyl groups is 1. The zero-order valence-corrected chi connectivity index (χ0v) is 32.0. The molecule has 0 radical (unpaired) electrons. The van der Waals surface area contributed by atoms with Crippen LogP contribution >= 0.6 is 23.2 Å². The average Bonchev–Trinajstić information content (AvgIpc) is 3.64. The van der Waals surface area contributed by atoms with Crippen LogP contribution in [0, 0.1) is 11.2 Å². The Kier molecular flexibility index (Phi) is 10.3. The van der Waals surface area contributed by atoms with Crippen LogP contribution in [0.25, 0.3) is 0 Å². The number of fused-ring (bicyclic) bond motifs is 3. The van der Waals surface area contributed by atoms with Crippen LogP contribution in [0.3, 0.4) is 0 Å². The first-order valence-corrected chi connectivity index (χ1v) is 19.5. The number of aliphatic hydroxyl groups excluding tert-OH is 1. The number of anilines is 1. The number of carbonyl (C=O) groups excluding carboxylic acids is 3. The number of nitrogens with two attached hydrogens (primary N) is 1. The van der Waals surface area contributed by atoms with Gasteiger partial charge in [-0.1, -0.05) is 89.9 Å². The SMILES string of the molecule is NC(=O)[C@@H]1CCC(NC(=O)[C@H]2[C@H](c3ccnc(Cl)c3F)C3(C(=O)Nc4cc(Cl)ccc43)C3(CC(CF)(CF)C3)N2[C@H](c2ccccc2)[C@@H](O)c2ccccc2)CO1. The largest absolute Gasteiger partial charge is 0.386 e. The lowest BCUT2D eigenvalue weighted by atomic mass is 9.45. The second-order valence-corrected chi connectivity index (χ2v) is 16.5. The van der Waals surface area contributed by atoms with Crippen LogP contribution < -0.4 is 16.4 Å². The van der Waals surface area contributed by atoms with Gasteiger partial charge in [-0.2, -0.15) is 0 Å². The summed E-state index contributed by atoms with van der Waals surface area (Å²) in [5.41, 5.74) is 1.80. The molecule has 4 aromatic rings. The van der Waals surface area contributed by atoms with E-state index in [0.717, 1.165) is 0 Å². The number of nitrogens with one attached hydrogen (secondary N) is 2. The summed E-state index contributed by atoms with van der Waals surface area (Å²) in [5, 5.41) is 18.4. The number of hydrogen-bond donors (Lipinski definition) is 4. The Morgan fingerprint density at radius 1 is 1.00 bits per heavy atom. The van der Waals surface area contributed by atoms with E-state index in [9.17, 15) is 9.90 Å². The molecule has 15 heteroatoms. The lowest BCUT2D eigenvalue weighted by molar-refractivity contribution is -0.166. The predicted molar refractivity (Wildman–Crippen MR) is 206 cm³/mol. The molecule has 2 saturated heterocycles. The fourth-order valence-corrected chi connectivity index (χ4v) is 10.6. The molecule has 3 aliphatic heterocycles. The Balaban J connectivity index is 1.44. The van der Waals surface area contributed by atoms with Gasteiger partial charge in [0.25, 0.3) is 0 Å². The van der Waals surface area contributed by atoms with Crippen LogP contribution in [0.1, 0.15) is 66.0 Å². The molecule has 8 rings (SSSR count). The third-order valence-electron chi connectivity index (χ3n) is 12.5. The molecule has 7 atom stereocenters. The Bertz CT molecular complexity index is 2190. The first-order valence-electron chi connectivity index (χ1n) is 18.7. The maximum atomic E-state index is 16.9. The minimum atomic E-state index is -1.93. The Morgan fingerprint density at radius 2 is 1.67 bits per heavy atom. The molecule has 10 nitrogen and oxygen atoms in total. The molecule has 57 heavy (non-hydrogen) atoms. The first kappa shape index (κ1) is 39.3. The number of likely N-dealkylation sites (tertiary alicyclic amines) is 1. The number of pyridine rings is 1. The highest BCUT2D eigenvalue weighted by Gasteiger charge is 2.82. The van der Waals surface area contributed by atoms with E-state index >= 15 is 22.8 Å². The quantitative estimate of drug-likeness (QED) is 0.138. The lowest BCUT2D eigenvalue weighted by Gasteiger charge is -2.63. The minimum absolute atomic E-state index is 0.0775. The van der Waals surface area contributed by atoms with Crippen molar-refractivity contribution >= 4 is 46.6 Å². The number of alkyl halides is 2. The normalized spacial score (nSPS) is 27.0. The molecule has 3 fully saturated rings. The molecule has 4 heterocycles. The van der Waals surface area contributed by atoms with Gasteiger partial charge >= 0.3 is 0 Å². The van der Waals surface area contributed by atoms with Crippen molar-refractivity contribution < 1.29 is 37.4 Å². The molecule has 4 aliphatic rings. The highest BCUT2D eigenvalue weighted by molar-refractivity contribution is 6.31. The number of halogens is 5. The number of ether oxygens (including phenoxy) is 1. The highest BCUT2D eigenvalue weighted by atomic mass is 35.5. The number of amides is 3. The smallest absolute Gasteiger partial charge is 0.246 e. The summed E-state index contributed by atoms with van der Waals surface area (Å²) in [5.74, 6) is -4.38. The van der Waals surface area contributed by atoms with E-state index in [1.807, 2.05) is 0 Å². The topological polar surface area (TPSA) is 147 Å². The number of benzene rings is 3. The summed E-state index contributed by atoms with van der Waals surface area (Å²) in [6.45, 7) is -2.25. The number of aromatic nitrogens is 1. The minimum Gasteiger partial charge on any atom is -0.386 e. The van der Waals surface area contributed by atoms with Crippen molar-refractivity contribution in [3.8, 4) is 0 Å². The van der Waals surface area contributed by atoms with Crippen molar-refractivity contribution in [2.75, 3.05) is 25.3 Å². The van der Waals surface area contributed by atoms with Gasteiger partial charge in [0, 0.05) is 33.8 Å². The van der Waals surface area contributed by atoms with Gasteiger partial charge in [0.2, 0.25) is 17.7 Å². The summed E-state index contributed by atoms with van der Waals surface area (Å²) in [6.07, 6.45) is -1.04. The van der Waals surface area contributed by atoms with Crippen molar-refractivity contribution in [2.24, 2.45) is 11.1 Å². The zero-order chi connectivity index (χ0) is 40.3. The number of hydrogen-bond acceptors (Lipinski definition) is 7. The fraction of sp³-hybridized carbons (Fsp3) is 0.381. The van der Waals surface area contributed by atoms with Crippen LogP contribution in [0.15, 0.2) is 91.1 Å². The molecule has 5 N–H and O–H groups in total. The molecule has 1 aromatic heterocycles. The van der Waals surface area contributed by atoms with E-state index in [4.69, 9.17) is 33.7 Å². The monoisotopic (exact) mass is 821 g/mol. The first-order chi connectivity index (χ1) is 27.4. The summed E-state index contributed by atoms with van der Waals surface area (Å²) in [7, 11) is 0. The van der Waals surface area contributed by atoms with Gasteiger partial charge in [-0.3, -0.25) is 28.1 Å². The van der Waals surface area contributed by atoms with E-state index in [0.29, 0.717) is 23.1 Å². The summed E-state index contributed by atoms with van der Waals surface area (Å²) in [6, 6.07) is 20.3. The van der Waals surface area contributed by atoms with Crippen LogP contribution in [0.4, 0.5) is 18.9 Å². The molecule has 3 aromatic carbocycles. The van der Waals surface area contributed by atoms with Crippen LogP contribution in [-0.2, 0) is 24.5 Å². The summed E-state index contributed by atoms with van der Waals surface area (Å²) >= 11 is 12.9. The van der Waals surface area contributed by atoms with E-state index in [1.54, 1.807) is 83.8 Å². The van der Waals surface area contributed by atoms with Crippen molar-refractivity contribution in [1.82, 2.24) is 15.2 Å². The Labute approximate surface area is 336 Å². The maximum Gasteiger partial charge on any atom is 0.246 e. The van der Waals surface area contributed by atoms with Gasteiger partial charge in [-0.25, -0.2) is 9.37 Å². The second-order valence-electron chi connectivity index (χ2n) is 15.7. The number of carbonyl (C=O) groups is 3. The number of rotatable bonds is 10. The van der Waals surface area contributed by atoms with Gasteiger partial charge in [0.15, 0.2) is 11.0 Å². The molecule has 3 amide bonds. The Hall–Kier alpha value is -4.53. The second kappa shape index (κ2) is 15.0. The van der Waals surface area contributed by atoms with Crippen molar-refractivity contribution in [1.29, 1.82) is 0 Å². The average molecular weight is 823 g/mol. The van der Waals surface area contributed by atoms with Crippen LogP contribution in [0.5, 0.6) is 0 Å². The molecule has 1 aliphatic carbocycles. The third-order valence-corrected chi connectivity index (χ3v) is 13.0. The molecular weight excluding hydrogens is 782 g/mol. The van der Waals surface area contributed by atoms with E-state index in [1.165, 1.54) is 12.3 Å². The van der Waals surface area contributed by atoms with Gasteiger partial charge < -0.3 is 26.2 Å². The van der Waals surface area contributed by atoms with E-state index < -0.39 is 94.7 Å². The third kappa shape index (κ3) is 6.12. The maximum absolute atomic E-state index is 16.9. The van der Waals surface area contributed by atoms with Gasteiger partial charge in [0.05, 0.1) is 44.2 Å². The zero-order valence-electron chi connectivity index (χ0n) is 30.5. The summed E-state index contributed by atoms with van der Waals surface area (Å²) in [4.78, 5) is 48.4. The fourth-order valence-electron chi connectivity index (χ4n) is 10.3. The summed E-state index contributed by atoms with van der Waals surface area (Å²) < 4.78 is 53.1. The number of nitrogens with zero attached hydrogens (tertiary/aromatic N) is 2. The van der Waals surface area contributed by atoms with Crippen molar-refractivity contribution in [3.63, 3.8) is 0 Å². The van der Waals surface area contributed by atoms with Crippen LogP contribution in [0.2, 0.25) is 10.2 Å². The lowest BCUT2D eigenvalue weighted by Crippen LogP contribution is -2.72. The Morgan fingerprint density at radius 3 is 2.28 bits per heavy atom. The molecule has 2 unspecified atom stereocenters. The molecule has 2 spiro atoms. The molecule has 298 valence electrons. The van der Waals surface area contributed by atoms with E-state index in [-0.39, 0.29) is 42.1 Å². The van der Waals surface area contributed by atoms with Crippen molar-refractivity contribution in [3.05, 3.63) is 129 Å². The van der Waals surface area contributed by atoms with Gasteiger partial charge in [0.1, 0.15) is 11.5 Å². The number of primary amides is 1. The molecule has 0 bridgehead atoms. The van der Waals surface area contributed by atoms with E-state index in [2.05, 4.69) is 15.6 Å². The van der Waals surface area contributed by atoms with Crippen molar-refractivity contribution in [2.45, 2.75) is 72.9 Å². The molecule has 1 saturated carbocycles. The van der Waals surface area contributed by atoms with Gasteiger partial charge in [-0.05, 0) is 66.1 Å².